The predicted molar refractivity (Wildman–Crippen MR) is 155 cm³/mol. The summed E-state index contributed by atoms with van der Waals surface area (Å²) in [6.45, 7) is 4.55. The zero-order valence-corrected chi connectivity index (χ0v) is 22.1. The fraction of sp³-hybridized carbons (Fsp3) is 0.294. The molecule has 0 aliphatic carbocycles. The normalized spacial score (nSPS) is 12.2. The first-order valence-electron chi connectivity index (χ1n) is 13.8. The maximum absolute atomic E-state index is 4.78. The molecule has 0 radical (unpaired) electrons. The van der Waals surface area contributed by atoms with Gasteiger partial charge in [0.05, 0.1) is 5.69 Å². The van der Waals surface area contributed by atoms with Gasteiger partial charge in [0.2, 0.25) is 0 Å². The van der Waals surface area contributed by atoms with Gasteiger partial charge in [-0.15, -0.1) is 10.2 Å². The van der Waals surface area contributed by atoms with E-state index in [4.69, 9.17) is 10.2 Å². The van der Waals surface area contributed by atoms with Gasteiger partial charge in [-0.2, -0.15) is 4.80 Å². The average Bonchev–Trinajstić information content (AvgIpc) is 3.38. The number of nitrogens with zero attached hydrogens (tertiary/aromatic N) is 3. The van der Waals surface area contributed by atoms with Crippen LogP contribution in [0.2, 0.25) is 0 Å². The molecule has 1 unspecified atom stereocenters. The smallest absolute Gasteiger partial charge is 0.113 e. The first kappa shape index (κ1) is 25.0. The molecule has 5 rings (SSSR count). The lowest BCUT2D eigenvalue weighted by Crippen LogP contribution is -2.06. The lowest BCUT2D eigenvalue weighted by atomic mass is 9.87. The molecule has 4 aromatic carbocycles. The molecule has 3 nitrogen and oxygen atoms in total. The zero-order valence-electron chi connectivity index (χ0n) is 22.1. The molecule has 37 heavy (non-hydrogen) atoms. The third kappa shape index (κ3) is 6.17. The Morgan fingerprint density at radius 1 is 0.649 bits per heavy atom. The fourth-order valence-corrected chi connectivity index (χ4v) is 5.27. The molecule has 0 spiro atoms. The minimum Gasteiger partial charge on any atom is -0.150 e. The Bertz CT molecular complexity index is 1380. The molecule has 3 heteroatoms. The quantitative estimate of drug-likeness (QED) is 0.174. The summed E-state index contributed by atoms with van der Waals surface area (Å²) in [6, 6.07) is 34.9. The molecule has 0 saturated heterocycles. The molecular weight excluding hydrogens is 450 g/mol. The van der Waals surface area contributed by atoms with Crippen LogP contribution < -0.4 is 0 Å². The summed E-state index contributed by atoms with van der Waals surface area (Å²) in [5.74, 6) is 0.484. The van der Waals surface area contributed by atoms with E-state index in [-0.39, 0.29) is 0 Å². The minimum atomic E-state index is 0.484. The molecule has 0 amide bonds. The first-order chi connectivity index (χ1) is 18.2. The highest BCUT2D eigenvalue weighted by atomic mass is 15.5. The van der Waals surface area contributed by atoms with E-state index >= 15 is 0 Å². The van der Waals surface area contributed by atoms with Gasteiger partial charge in [0.25, 0.3) is 0 Å². The van der Waals surface area contributed by atoms with Gasteiger partial charge < -0.3 is 0 Å². The second-order valence-corrected chi connectivity index (χ2v) is 10.1. The van der Waals surface area contributed by atoms with Crippen molar-refractivity contribution in [2.75, 3.05) is 0 Å². The molecule has 0 aliphatic rings. The molecule has 1 heterocycles. The van der Waals surface area contributed by atoms with Gasteiger partial charge in [0.15, 0.2) is 0 Å². The van der Waals surface area contributed by atoms with E-state index in [1.165, 1.54) is 59.9 Å². The van der Waals surface area contributed by atoms with Gasteiger partial charge in [0.1, 0.15) is 11.0 Å². The Balaban J connectivity index is 1.44. The summed E-state index contributed by atoms with van der Waals surface area (Å²) in [4.78, 5) is 1.82. The minimum absolute atomic E-state index is 0.484. The summed E-state index contributed by atoms with van der Waals surface area (Å²) < 4.78 is 0. The number of fused-ring (bicyclic) bond motifs is 1. The Kier molecular flexibility index (Phi) is 8.10. The molecule has 1 aromatic heterocycles. The van der Waals surface area contributed by atoms with Gasteiger partial charge >= 0.3 is 0 Å². The van der Waals surface area contributed by atoms with Crippen LogP contribution in [0, 0.1) is 0 Å². The van der Waals surface area contributed by atoms with Gasteiger partial charge in [0, 0.05) is 0 Å². The van der Waals surface area contributed by atoms with Crippen molar-refractivity contribution in [1.29, 1.82) is 0 Å². The zero-order chi connectivity index (χ0) is 25.5. The maximum Gasteiger partial charge on any atom is 0.113 e. The molecule has 1 atom stereocenters. The van der Waals surface area contributed by atoms with Crippen molar-refractivity contribution in [1.82, 2.24) is 15.0 Å². The first-order valence-corrected chi connectivity index (χ1v) is 13.8. The fourth-order valence-electron chi connectivity index (χ4n) is 5.27. The van der Waals surface area contributed by atoms with Gasteiger partial charge in [-0.25, -0.2) is 0 Å². The highest BCUT2D eigenvalue weighted by Gasteiger charge is 2.15. The van der Waals surface area contributed by atoms with E-state index in [0.29, 0.717) is 5.92 Å². The standard InChI is InChI=1S/C34H37N3/c1-3-5-7-13-26-22-27(25-32(24-26)37-35-33-16-10-11-17-34(33)36-37)23-31(12-4-2)30-20-18-29(19-21-30)28-14-8-6-9-15-28/h6,8-11,14-22,24-25,31H,3-5,7,12-13,23H2,1-2H3. The second-order valence-electron chi connectivity index (χ2n) is 10.1. The van der Waals surface area contributed by atoms with Crippen LogP contribution in [0.1, 0.15) is 68.6 Å². The van der Waals surface area contributed by atoms with E-state index in [9.17, 15) is 0 Å². The molecular formula is C34H37N3. The highest BCUT2D eigenvalue weighted by Crippen LogP contribution is 2.30. The Morgan fingerprint density at radius 2 is 1.30 bits per heavy atom. The molecule has 0 N–H and O–H groups in total. The summed E-state index contributed by atoms with van der Waals surface area (Å²) in [5.41, 5.74) is 9.65. The molecule has 5 aromatic rings. The van der Waals surface area contributed by atoms with Crippen LogP contribution in [0.25, 0.3) is 27.8 Å². The number of aromatic nitrogens is 3. The van der Waals surface area contributed by atoms with Crippen molar-refractivity contribution >= 4 is 11.0 Å². The monoisotopic (exact) mass is 487 g/mol. The Morgan fingerprint density at radius 3 is 1.97 bits per heavy atom. The third-order valence-corrected chi connectivity index (χ3v) is 7.23. The average molecular weight is 488 g/mol. The lowest BCUT2D eigenvalue weighted by Gasteiger charge is -2.19. The number of hydrogen-bond donors (Lipinski definition) is 0. The maximum atomic E-state index is 4.78. The molecule has 0 saturated carbocycles. The molecule has 0 fully saturated rings. The number of aryl methyl sites for hydroxylation is 1. The van der Waals surface area contributed by atoms with Crippen LogP contribution in [0.4, 0.5) is 0 Å². The van der Waals surface area contributed by atoms with Crippen molar-refractivity contribution < 1.29 is 0 Å². The molecule has 188 valence electrons. The molecule has 0 bridgehead atoms. The third-order valence-electron chi connectivity index (χ3n) is 7.23. The highest BCUT2D eigenvalue weighted by molar-refractivity contribution is 5.73. The van der Waals surface area contributed by atoms with Crippen LogP contribution in [0.5, 0.6) is 0 Å². The Labute approximate surface area is 221 Å². The number of benzene rings is 4. The van der Waals surface area contributed by atoms with Crippen molar-refractivity contribution in [3.8, 4) is 16.8 Å². The van der Waals surface area contributed by atoms with Gasteiger partial charge in [-0.1, -0.05) is 106 Å². The van der Waals surface area contributed by atoms with Crippen molar-refractivity contribution in [3.63, 3.8) is 0 Å². The number of unbranched alkanes of at least 4 members (excludes halogenated alkanes) is 2. The van der Waals surface area contributed by atoms with Crippen LogP contribution in [-0.4, -0.2) is 15.0 Å². The van der Waals surface area contributed by atoms with Gasteiger partial charge in [-0.3, -0.25) is 0 Å². The SMILES string of the molecule is CCCCCc1cc(CC(CCC)c2ccc(-c3ccccc3)cc2)cc(-n2nc3ccccc3n2)c1. The summed E-state index contributed by atoms with van der Waals surface area (Å²) in [7, 11) is 0. The summed E-state index contributed by atoms with van der Waals surface area (Å²) in [6.07, 6.45) is 8.16. The summed E-state index contributed by atoms with van der Waals surface area (Å²) in [5, 5.41) is 9.56. The molecule has 0 aliphatic heterocycles. The Hall–Kier alpha value is -3.72. The van der Waals surface area contributed by atoms with E-state index in [1.54, 1.807) is 0 Å². The number of rotatable bonds is 11. The van der Waals surface area contributed by atoms with E-state index in [1.807, 2.05) is 29.1 Å². The predicted octanol–water partition coefficient (Wildman–Crippen LogP) is 8.95. The van der Waals surface area contributed by atoms with Crippen LogP contribution in [0.3, 0.4) is 0 Å². The van der Waals surface area contributed by atoms with Crippen LogP contribution >= 0.6 is 0 Å². The topological polar surface area (TPSA) is 30.7 Å². The van der Waals surface area contributed by atoms with Crippen LogP contribution in [0.15, 0.2) is 97.1 Å². The van der Waals surface area contributed by atoms with Gasteiger partial charge in [-0.05, 0) is 83.7 Å². The van der Waals surface area contributed by atoms with E-state index in [0.717, 1.165) is 29.6 Å². The van der Waals surface area contributed by atoms with E-state index < -0.39 is 0 Å². The second kappa shape index (κ2) is 12.0. The van der Waals surface area contributed by atoms with Crippen molar-refractivity contribution in [2.45, 2.75) is 64.7 Å². The van der Waals surface area contributed by atoms with E-state index in [2.05, 4.69) is 86.6 Å². The summed E-state index contributed by atoms with van der Waals surface area (Å²) >= 11 is 0. The largest absolute Gasteiger partial charge is 0.150 e. The number of hydrogen-bond acceptors (Lipinski definition) is 2. The van der Waals surface area contributed by atoms with Crippen molar-refractivity contribution in [3.05, 3.63) is 114 Å². The van der Waals surface area contributed by atoms with Crippen molar-refractivity contribution in [2.24, 2.45) is 0 Å². The lowest BCUT2D eigenvalue weighted by molar-refractivity contribution is 0.609. The van der Waals surface area contributed by atoms with Crippen LogP contribution in [-0.2, 0) is 12.8 Å².